The maximum atomic E-state index is 10.3. The number of likely N-dealkylation sites (tertiary alicyclic amines) is 1. The number of rotatable bonds is 5. The van der Waals surface area contributed by atoms with Crippen LogP contribution < -0.4 is 0 Å². The fourth-order valence-corrected chi connectivity index (χ4v) is 3.65. The van der Waals surface area contributed by atoms with Gasteiger partial charge in [-0.2, -0.15) is 0 Å². The van der Waals surface area contributed by atoms with E-state index in [2.05, 4.69) is 0 Å². The average molecular weight is 329 g/mol. The lowest BCUT2D eigenvalue weighted by molar-refractivity contribution is 0.0130. The summed E-state index contributed by atoms with van der Waals surface area (Å²) in [7, 11) is 0. The molecule has 0 bridgehead atoms. The molecule has 0 radical (unpaired) electrons. The van der Waals surface area contributed by atoms with Gasteiger partial charge in [-0.05, 0) is 11.1 Å². The van der Waals surface area contributed by atoms with E-state index in [9.17, 15) is 20.4 Å². The summed E-state index contributed by atoms with van der Waals surface area (Å²) in [6.07, 6.45) is -2.22. The van der Waals surface area contributed by atoms with E-state index in [0.29, 0.717) is 0 Å². The number of hydrogen-bond donors (Lipinski definition) is 4. The lowest BCUT2D eigenvalue weighted by atomic mass is 9.95. The van der Waals surface area contributed by atoms with E-state index in [1.54, 1.807) is 0 Å². The molecule has 5 nitrogen and oxygen atoms in total. The van der Waals surface area contributed by atoms with Gasteiger partial charge in [-0.1, -0.05) is 60.7 Å². The Morgan fingerprint density at radius 3 is 1.42 bits per heavy atom. The van der Waals surface area contributed by atoms with E-state index in [0.717, 1.165) is 11.1 Å². The van der Waals surface area contributed by atoms with Crippen molar-refractivity contribution in [2.45, 2.75) is 30.3 Å². The van der Waals surface area contributed by atoms with Crippen molar-refractivity contribution in [1.82, 2.24) is 4.90 Å². The summed E-state index contributed by atoms with van der Waals surface area (Å²) in [4.78, 5) is 1.83. The first-order valence-electron chi connectivity index (χ1n) is 8.14. The van der Waals surface area contributed by atoms with Crippen molar-refractivity contribution >= 4 is 0 Å². The van der Waals surface area contributed by atoms with Crippen LogP contribution in [0, 0.1) is 0 Å². The fourth-order valence-electron chi connectivity index (χ4n) is 3.65. The third-order valence-electron chi connectivity index (χ3n) is 4.81. The molecule has 24 heavy (non-hydrogen) atoms. The third-order valence-corrected chi connectivity index (χ3v) is 4.81. The van der Waals surface area contributed by atoms with Crippen LogP contribution in [0.4, 0.5) is 0 Å². The maximum absolute atomic E-state index is 10.3. The Morgan fingerprint density at radius 1 is 0.708 bits per heavy atom. The van der Waals surface area contributed by atoms with Crippen LogP contribution in [0.5, 0.6) is 0 Å². The van der Waals surface area contributed by atoms with Crippen LogP contribution in [0.1, 0.15) is 17.2 Å². The molecule has 128 valence electrons. The van der Waals surface area contributed by atoms with Gasteiger partial charge in [0.1, 0.15) is 0 Å². The molecule has 1 saturated heterocycles. The van der Waals surface area contributed by atoms with Crippen LogP contribution in [-0.4, -0.2) is 62.8 Å². The summed E-state index contributed by atoms with van der Waals surface area (Å²) in [5.74, 6) is 0. The SMILES string of the molecule is OC[C@@H]1[C@@H](O)[C@H](O)[C@H](CO)N1C(c1ccccc1)c1ccccc1. The predicted molar refractivity (Wildman–Crippen MR) is 90.3 cm³/mol. The topological polar surface area (TPSA) is 84.2 Å². The van der Waals surface area contributed by atoms with Crippen LogP contribution in [0.25, 0.3) is 0 Å². The second-order valence-electron chi connectivity index (χ2n) is 6.15. The molecule has 0 spiro atoms. The van der Waals surface area contributed by atoms with E-state index >= 15 is 0 Å². The summed E-state index contributed by atoms with van der Waals surface area (Å²) >= 11 is 0. The highest BCUT2D eigenvalue weighted by molar-refractivity contribution is 5.33. The van der Waals surface area contributed by atoms with Gasteiger partial charge in [0, 0.05) is 0 Å². The van der Waals surface area contributed by atoms with Gasteiger partial charge in [-0.3, -0.25) is 4.90 Å². The van der Waals surface area contributed by atoms with Crippen LogP contribution in [0.3, 0.4) is 0 Å². The van der Waals surface area contributed by atoms with Gasteiger partial charge in [0.25, 0.3) is 0 Å². The molecular formula is C19H23NO4. The van der Waals surface area contributed by atoms with E-state index in [4.69, 9.17) is 0 Å². The fraction of sp³-hybridized carbons (Fsp3) is 0.368. The molecule has 1 aliphatic rings. The Bertz CT molecular complexity index is 581. The molecule has 3 rings (SSSR count). The van der Waals surface area contributed by atoms with Crippen molar-refractivity contribution in [3.8, 4) is 0 Å². The molecule has 2 aromatic carbocycles. The number of aliphatic hydroxyl groups excluding tert-OH is 4. The molecule has 2 aromatic rings. The molecule has 4 N–H and O–H groups in total. The van der Waals surface area contributed by atoms with Gasteiger partial charge in [0.2, 0.25) is 0 Å². The van der Waals surface area contributed by atoms with Gasteiger partial charge in [0.15, 0.2) is 0 Å². The Hall–Kier alpha value is -1.76. The summed E-state index contributed by atoms with van der Waals surface area (Å²) in [5.41, 5.74) is 1.95. The van der Waals surface area contributed by atoms with Crippen molar-refractivity contribution in [2.24, 2.45) is 0 Å². The Morgan fingerprint density at radius 2 is 1.08 bits per heavy atom. The molecule has 0 aliphatic carbocycles. The minimum absolute atomic E-state index is 0.284. The lowest BCUT2D eigenvalue weighted by Gasteiger charge is -2.37. The highest BCUT2D eigenvalue weighted by Gasteiger charge is 2.50. The Balaban J connectivity index is 2.10. The molecule has 0 saturated carbocycles. The normalized spacial score (nSPS) is 27.7. The second kappa shape index (κ2) is 7.42. The summed E-state index contributed by atoms with van der Waals surface area (Å²) in [6, 6.07) is 17.8. The minimum atomic E-state index is -1.11. The van der Waals surface area contributed by atoms with Gasteiger partial charge in [-0.25, -0.2) is 0 Å². The van der Waals surface area contributed by atoms with Crippen LogP contribution in [-0.2, 0) is 0 Å². The standard InChI is InChI=1S/C19H23NO4/c21-11-15-18(23)19(24)16(12-22)20(15)17(13-7-3-1-4-8-13)14-9-5-2-6-10-14/h1-10,15-19,21-24H,11-12H2/t15-,16+,18-,19-/m1/s1. The van der Waals surface area contributed by atoms with E-state index in [1.807, 2.05) is 65.6 Å². The number of nitrogens with zero attached hydrogens (tertiary/aromatic N) is 1. The first-order chi connectivity index (χ1) is 11.7. The Labute approximate surface area is 141 Å². The molecule has 0 unspecified atom stereocenters. The Kier molecular flexibility index (Phi) is 5.28. The number of benzene rings is 2. The van der Waals surface area contributed by atoms with E-state index in [-0.39, 0.29) is 19.3 Å². The zero-order valence-corrected chi connectivity index (χ0v) is 13.3. The lowest BCUT2D eigenvalue weighted by Crippen LogP contribution is -2.45. The average Bonchev–Trinajstić information content (AvgIpc) is 2.87. The van der Waals surface area contributed by atoms with Crippen molar-refractivity contribution in [3.63, 3.8) is 0 Å². The van der Waals surface area contributed by atoms with Crippen LogP contribution >= 0.6 is 0 Å². The van der Waals surface area contributed by atoms with Gasteiger partial charge in [0.05, 0.1) is 43.5 Å². The zero-order chi connectivity index (χ0) is 17.1. The summed E-state index contributed by atoms with van der Waals surface area (Å²) in [5, 5.41) is 40.2. The quantitative estimate of drug-likeness (QED) is 0.643. The second-order valence-corrected chi connectivity index (χ2v) is 6.15. The maximum Gasteiger partial charge on any atom is 0.0992 e. The van der Waals surface area contributed by atoms with Crippen molar-refractivity contribution in [3.05, 3.63) is 71.8 Å². The van der Waals surface area contributed by atoms with Crippen LogP contribution in [0.15, 0.2) is 60.7 Å². The smallest absolute Gasteiger partial charge is 0.0992 e. The van der Waals surface area contributed by atoms with Crippen molar-refractivity contribution in [2.75, 3.05) is 13.2 Å². The monoisotopic (exact) mass is 329 g/mol. The van der Waals surface area contributed by atoms with Crippen molar-refractivity contribution in [1.29, 1.82) is 0 Å². The van der Waals surface area contributed by atoms with E-state index < -0.39 is 24.3 Å². The number of aliphatic hydroxyl groups is 4. The molecule has 4 atom stereocenters. The third kappa shape index (κ3) is 2.97. The van der Waals surface area contributed by atoms with Gasteiger partial charge in [-0.15, -0.1) is 0 Å². The van der Waals surface area contributed by atoms with Crippen molar-refractivity contribution < 1.29 is 20.4 Å². The molecular weight excluding hydrogens is 306 g/mol. The summed E-state index contributed by atoms with van der Waals surface area (Å²) < 4.78 is 0. The molecule has 1 aliphatic heterocycles. The molecule has 0 aromatic heterocycles. The first kappa shape index (κ1) is 17.1. The highest BCUT2D eigenvalue weighted by atomic mass is 16.3. The zero-order valence-electron chi connectivity index (χ0n) is 13.3. The number of hydrogen-bond acceptors (Lipinski definition) is 5. The molecule has 5 heteroatoms. The van der Waals surface area contributed by atoms with Crippen LogP contribution in [0.2, 0.25) is 0 Å². The summed E-state index contributed by atoms with van der Waals surface area (Å²) in [6.45, 7) is -0.601. The van der Waals surface area contributed by atoms with Gasteiger partial charge >= 0.3 is 0 Å². The molecule has 1 fully saturated rings. The van der Waals surface area contributed by atoms with E-state index in [1.165, 1.54) is 0 Å². The molecule has 0 amide bonds. The largest absolute Gasteiger partial charge is 0.395 e. The van der Waals surface area contributed by atoms with Gasteiger partial charge < -0.3 is 20.4 Å². The molecule has 1 heterocycles. The predicted octanol–water partition coefficient (Wildman–Crippen LogP) is 0.535. The highest BCUT2D eigenvalue weighted by Crippen LogP contribution is 2.38. The first-order valence-corrected chi connectivity index (χ1v) is 8.14. The minimum Gasteiger partial charge on any atom is -0.395 e.